The largest absolute Gasteiger partial charge is 0.481 e. The SMILES string of the molecule is CSCCC(NC(=O)C(CCSC)NC(=O)C(CC(C)C)NC(=O)C(N)CC(=O)O)C(=O)O. The minimum absolute atomic E-state index is 0.00171. The molecule has 0 aliphatic rings. The lowest BCUT2D eigenvalue weighted by Gasteiger charge is -2.26. The zero-order valence-corrected chi connectivity index (χ0v) is 21.1. The topological polar surface area (TPSA) is 188 Å². The minimum atomic E-state index is -1.33. The predicted octanol–water partition coefficient (Wildman–Crippen LogP) is -0.120. The average Bonchev–Trinajstić information content (AvgIpc) is 2.71. The van der Waals surface area contributed by atoms with Gasteiger partial charge in [0.15, 0.2) is 0 Å². The molecule has 0 heterocycles. The standard InChI is InChI=1S/C20H36N4O7S2/c1-11(2)9-15(24-17(27)12(21)10-16(25)26)19(29)22-13(5-7-32-3)18(28)23-14(20(30)31)6-8-33-4/h11-15H,5-10,21H2,1-4H3,(H,22,29)(H,23,28)(H,24,27)(H,25,26)(H,30,31). The second-order valence-electron chi connectivity index (χ2n) is 7.92. The molecule has 0 bridgehead atoms. The Kier molecular flexibility index (Phi) is 15.6. The summed E-state index contributed by atoms with van der Waals surface area (Å²) in [5.41, 5.74) is 5.59. The van der Waals surface area contributed by atoms with E-state index in [1.54, 1.807) is 0 Å². The Labute approximate surface area is 202 Å². The van der Waals surface area contributed by atoms with E-state index in [1.165, 1.54) is 23.5 Å². The first-order chi connectivity index (χ1) is 15.4. The van der Waals surface area contributed by atoms with Gasteiger partial charge in [-0.05, 0) is 49.2 Å². The number of thioether (sulfide) groups is 2. The summed E-state index contributed by atoms with van der Waals surface area (Å²) in [4.78, 5) is 60.3. The van der Waals surface area contributed by atoms with Gasteiger partial charge in [0.25, 0.3) is 0 Å². The number of hydrogen-bond acceptors (Lipinski definition) is 8. The van der Waals surface area contributed by atoms with Crippen molar-refractivity contribution in [2.45, 2.75) is 63.7 Å². The first-order valence-electron chi connectivity index (χ1n) is 10.5. The molecule has 13 heteroatoms. The molecule has 33 heavy (non-hydrogen) atoms. The molecule has 0 aromatic carbocycles. The van der Waals surface area contributed by atoms with E-state index in [0.717, 1.165) is 0 Å². The first kappa shape index (κ1) is 31.0. The van der Waals surface area contributed by atoms with Crippen LogP contribution in [0.4, 0.5) is 0 Å². The van der Waals surface area contributed by atoms with Crippen LogP contribution in [-0.4, -0.2) is 88.1 Å². The highest BCUT2D eigenvalue weighted by molar-refractivity contribution is 7.98. The predicted molar refractivity (Wildman–Crippen MR) is 129 cm³/mol. The first-order valence-corrected chi connectivity index (χ1v) is 13.3. The molecule has 0 saturated heterocycles. The van der Waals surface area contributed by atoms with Crippen molar-refractivity contribution in [3.63, 3.8) is 0 Å². The Morgan fingerprint density at radius 3 is 1.70 bits per heavy atom. The molecular formula is C20H36N4O7S2. The Morgan fingerprint density at radius 1 is 0.788 bits per heavy atom. The maximum Gasteiger partial charge on any atom is 0.326 e. The molecule has 0 spiro atoms. The molecule has 7 N–H and O–H groups in total. The van der Waals surface area contributed by atoms with E-state index in [1.807, 2.05) is 26.4 Å². The summed E-state index contributed by atoms with van der Waals surface area (Å²) in [5.74, 6) is -3.37. The molecule has 4 unspecified atom stereocenters. The summed E-state index contributed by atoms with van der Waals surface area (Å²) >= 11 is 2.91. The van der Waals surface area contributed by atoms with E-state index < -0.39 is 60.2 Å². The number of carbonyl (C=O) groups is 5. The van der Waals surface area contributed by atoms with E-state index in [2.05, 4.69) is 16.0 Å². The quantitative estimate of drug-likeness (QED) is 0.154. The molecule has 11 nitrogen and oxygen atoms in total. The van der Waals surface area contributed by atoms with Gasteiger partial charge in [-0.3, -0.25) is 19.2 Å². The number of carboxylic acid groups (broad SMARTS) is 2. The fourth-order valence-corrected chi connectivity index (χ4v) is 3.75. The molecule has 0 aliphatic carbocycles. The summed E-state index contributed by atoms with van der Waals surface area (Å²) in [6.45, 7) is 3.68. The molecule has 3 amide bonds. The van der Waals surface area contributed by atoms with Crippen molar-refractivity contribution in [2.24, 2.45) is 11.7 Å². The zero-order valence-electron chi connectivity index (χ0n) is 19.5. The van der Waals surface area contributed by atoms with Crippen molar-refractivity contribution in [3.8, 4) is 0 Å². The van der Waals surface area contributed by atoms with Crippen LogP contribution in [0.2, 0.25) is 0 Å². The Morgan fingerprint density at radius 2 is 1.24 bits per heavy atom. The van der Waals surface area contributed by atoms with Gasteiger partial charge < -0.3 is 31.9 Å². The summed E-state index contributed by atoms with van der Waals surface area (Å²) in [5, 5.41) is 25.7. The third kappa shape index (κ3) is 13.3. The van der Waals surface area contributed by atoms with Crippen LogP contribution in [0, 0.1) is 5.92 Å². The Balaban J connectivity index is 5.43. The van der Waals surface area contributed by atoms with Crippen LogP contribution in [0.25, 0.3) is 0 Å². The van der Waals surface area contributed by atoms with Crippen molar-refractivity contribution in [1.29, 1.82) is 0 Å². The van der Waals surface area contributed by atoms with E-state index in [-0.39, 0.29) is 25.2 Å². The van der Waals surface area contributed by atoms with Crippen molar-refractivity contribution < 1.29 is 34.2 Å². The molecule has 0 aromatic heterocycles. The van der Waals surface area contributed by atoms with Crippen molar-refractivity contribution in [3.05, 3.63) is 0 Å². The maximum absolute atomic E-state index is 12.9. The van der Waals surface area contributed by atoms with Gasteiger partial charge in [-0.25, -0.2) is 4.79 Å². The number of rotatable bonds is 17. The van der Waals surface area contributed by atoms with Crippen molar-refractivity contribution >= 4 is 53.2 Å². The van der Waals surface area contributed by atoms with E-state index in [9.17, 15) is 29.1 Å². The zero-order chi connectivity index (χ0) is 25.6. The molecule has 0 fully saturated rings. The molecule has 0 radical (unpaired) electrons. The number of aliphatic carboxylic acids is 2. The lowest BCUT2D eigenvalue weighted by Crippen LogP contribution is -2.57. The highest BCUT2D eigenvalue weighted by Gasteiger charge is 2.30. The number of nitrogens with one attached hydrogen (secondary N) is 3. The lowest BCUT2D eigenvalue weighted by atomic mass is 10.0. The summed E-state index contributed by atoms with van der Waals surface area (Å²) in [6, 6.07) is -4.44. The minimum Gasteiger partial charge on any atom is -0.481 e. The fourth-order valence-electron chi connectivity index (χ4n) is 2.80. The van der Waals surface area contributed by atoms with Crippen LogP contribution < -0.4 is 21.7 Å². The summed E-state index contributed by atoms with van der Waals surface area (Å²) in [7, 11) is 0. The van der Waals surface area contributed by atoms with Crippen LogP contribution in [0.3, 0.4) is 0 Å². The van der Waals surface area contributed by atoms with E-state index >= 15 is 0 Å². The second kappa shape index (κ2) is 16.6. The molecule has 0 rings (SSSR count). The summed E-state index contributed by atoms with van der Waals surface area (Å²) in [6.07, 6.45) is 3.80. The maximum atomic E-state index is 12.9. The third-order valence-electron chi connectivity index (χ3n) is 4.54. The number of amides is 3. The Hall–Kier alpha value is -1.99. The van der Waals surface area contributed by atoms with Gasteiger partial charge in [-0.1, -0.05) is 13.8 Å². The van der Waals surface area contributed by atoms with Gasteiger partial charge in [0.1, 0.15) is 18.1 Å². The van der Waals surface area contributed by atoms with Crippen LogP contribution in [0.1, 0.15) is 39.5 Å². The highest BCUT2D eigenvalue weighted by atomic mass is 32.2. The number of nitrogens with two attached hydrogens (primary N) is 1. The average molecular weight is 509 g/mol. The normalized spacial score (nSPS) is 14.6. The van der Waals surface area contributed by atoms with Crippen LogP contribution >= 0.6 is 23.5 Å². The van der Waals surface area contributed by atoms with Gasteiger partial charge in [-0.2, -0.15) is 23.5 Å². The van der Waals surface area contributed by atoms with E-state index in [0.29, 0.717) is 11.5 Å². The number of carbonyl (C=O) groups excluding carboxylic acids is 3. The van der Waals surface area contributed by atoms with Gasteiger partial charge >= 0.3 is 11.9 Å². The van der Waals surface area contributed by atoms with Gasteiger partial charge in [0, 0.05) is 0 Å². The number of carboxylic acids is 2. The molecule has 190 valence electrons. The van der Waals surface area contributed by atoms with Gasteiger partial charge in [-0.15, -0.1) is 0 Å². The molecule has 4 atom stereocenters. The summed E-state index contributed by atoms with van der Waals surface area (Å²) < 4.78 is 0. The smallest absolute Gasteiger partial charge is 0.326 e. The highest BCUT2D eigenvalue weighted by Crippen LogP contribution is 2.09. The molecule has 0 aromatic rings. The third-order valence-corrected chi connectivity index (χ3v) is 5.83. The van der Waals surface area contributed by atoms with Crippen LogP contribution in [0.5, 0.6) is 0 Å². The second-order valence-corrected chi connectivity index (χ2v) is 9.89. The Bertz CT molecular complexity index is 679. The fraction of sp³-hybridized carbons (Fsp3) is 0.750. The van der Waals surface area contributed by atoms with Crippen LogP contribution in [-0.2, 0) is 24.0 Å². The van der Waals surface area contributed by atoms with Gasteiger partial charge in [0.05, 0.1) is 12.5 Å². The van der Waals surface area contributed by atoms with Gasteiger partial charge in [0.2, 0.25) is 17.7 Å². The van der Waals surface area contributed by atoms with Crippen molar-refractivity contribution in [2.75, 3.05) is 24.0 Å². The number of hydrogen-bond donors (Lipinski definition) is 6. The molecule has 0 saturated carbocycles. The van der Waals surface area contributed by atoms with E-state index in [4.69, 9.17) is 10.8 Å². The molecule has 0 aliphatic heterocycles. The molecular weight excluding hydrogens is 472 g/mol. The van der Waals surface area contributed by atoms with Crippen LogP contribution in [0.15, 0.2) is 0 Å². The lowest BCUT2D eigenvalue weighted by molar-refractivity contribution is -0.142. The van der Waals surface area contributed by atoms with Crippen molar-refractivity contribution in [1.82, 2.24) is 16.0 Å². The monoisotopic (exact) mass is 508 g/mol.